The Bertz CT molecular complexity index is 1030. The molecule has 0 aliphatic carbocycles. The molecule has 29 heavy (non-hydrogen) atoms. The van der Waals surface area contributed by atoms with Crippen molar-refractivity contribution in [1.82, 2.24) is 14.6 Å². The Morgan fingerprint density at radius 2 is 2.03 bits per heavy atom. The first kappa shape index (κ1) is 19.8. The van der Waals surface area contributed by atoms with Crippen molar-refractivity contribution in [3.05, 3.63) is 54.5 Å². The molecule has 1 aliphatic rings. The number of nitrogens with two attached hydrogens (primary N) is 1. The van der Waals surface area contributed by atoms with Crippen LogP contribution in [0.2, 0.25) is 0 Å². The topological polar surface area (TPSA) is 141 Å². The Morgan fingerprint density at radius 3 is 2.79 bits per heavy atom. The second-order valence-electron chi connectivity index (χ2n) is 6.94. The molecular weight excluding hydrogens is 399 g/mol. The van der Waals surface area contributed by atoms with Gasteiger partial charge in [0.25, 0.3) is 0 Å². The normalized spacial score (nSPS) is 27.9. The van der Waals surface area contributed by atoms with E-state index in [1.807, 2.05) is 0 Å². The van der Waals surface area contributed by atoms with Gasteiger partial charge in [-0.1, -0.05) is 18.2 Å². The molecule has 4 N–H and O–H groups in total. The van der Waals surface area contributed by atoms with Gasteiger partial charge < -0.3 is 25.2 Å². The number of hydrogen-bond donors (Lipinski definition) is 3. The molecule has 11 heteroatoms. The number of benzene rings is 1. The summed E-state index contributed by atoms with van der Waals surface area (Å²) in [6, 6.07) is 12.0. The number of ether oxygens (including phenoxy) is 1. The van der Waals surface area contributed by atoms with Crippen LogP contribution in [0.25, 0.3) is 5.52 Å². The SMILES string of the molecule is C[C@]1(CO[PH](=O)Oc2ccccc2)O[C@@H](c2ccc3c(N)ncnn23)[C@H](O)[C@@H]1O. The van der Waals surface area contributed by atoms with Crippen LogP contribution >= 0.6 is 8.25 Å². The number of fused-ring (bicyclic) bond motifs is 1. The van der Waals surface area contributed by atoms with Gasteiger partial charge in [0.2, 0.25) is 0 Å². The van der Waals surface area contributed by atoms with E-state index in [1.165, 1.54) is 10.8 Å². The van der Waals surface area contributed by atoms with E-state index in [4.69, 9.17) is 19.5 Å². The minimum Gasteiger partial charge on any atom is -0.426 e. The van der Waals surface area contributed by atoms with Gasteiger partial charge in [-0.2, -0.15) is 5.10 Å². The average Bonchev–Trinajstić information content (AvgIpc) is 3.24. The third kappa shape index (κ3) is 3.73. The van der Waals surface area contributed by atoms with E-state index in [1.54, 1.807) is 49.4 Å². The monoisotopic (exact) mass is 420 g/mol. The Balaban J connectivity index is 1.48. The van der Waals surface area contributed by atoms with Crippen molar-refractivity contribution >= 4 is 19.6 Å². The zero-order valence-corrected chi connectivity index (χ0v) is 16.5. The molecular formula is C18H21N4O6P. The molecule has 0 saturated carbocycles. The molecule has 3 heterocycles. The highest BCUT2D eigenvalue weighted by Gasteiger charge is 2.53. The minimum atomic E-state index is -2.88. The summed E-state index contributed by atoms with van der Waals surface area (Å²) in [7, 11) is -2.88. The van der Waals surface area contributed by atoms with Crippen LogP contribution in [0.15, 0.2) is 48.8 Å². The summed E-state index contributed by atoms with van der Waals surface area (Å²) in [5.41, 5.74) is 5.58. The Hall–Kier alpha value is -2.49. The van der Waals surface area contributed by atoms with Gasteiger partial charge in [0, 0.05) is 0 Å². The fourth-order valence-corrected chi connectivity index (χ4v) is 4.11. The van der Waals surface area contributed by atoms with E-state index < -0.39 is 32.2 Å². The van der Waals surface area contributed by atoms with Gasteiger partial charge >= 0.3 is 8.25 Å². The van der Waals surface area contributed by atoms with E-state index in [2.05, 4.69) is 10.1 Å². The predicted molar refractivity (Wildman–Crippen MR) is 104 cm³/mol. The number of rotatable bonds is 6. The van der Waals surface area contributed by atoms with Crippen LogP contribution in [0.1, 0.15) is 18.7 Å². The molecule has 1 unspecified atom stereocenters. The van der Waals surface area contributed by atoms with Crippen molar-refractivity contribution in [2.45, 2.75) is 30.8 Å². The fraction of sp³-hybridized carbons (Fsp3) is 0.333. The van der Waals surface area contributed by atoms with Gasteiger partial charge in [-0.05, 0) is 31.2 Å². The fourth-order valence-electron chi connectivity index (χ4n) is 3.32. The van der Waals surface area contributed by atoms with Crippen molar-refractivity contribution < 1.29 is 28.6 Å². The van der Waals surface area contributed by atoms with Crippen LogP contribution in [-0.2, 0) is 13.8 Å². The molecule has 154 valence electrons. The van der Waals surface area contributed by atoms with Gasteiger partial charge in [-0.25, -0.2) is 14.1 Å². The summed E-state index contributed by atoms with van der Waals surface area (Å²) in [6.07, 6.45) is -2.15. The van der Waals surface area contributed by atoms with Crippen molar-refractivity contribution in [2.24, 2.45) is 0 Å². The Morgan fingerprint density at radius 1 is 1.28 bits per heavy atom. The van der Waals surface area contributed by atoms with Crippen LogP contribution in [0.3, 0.4) is 0 Å². The van der Waals surface area contributed by atoms with Crippen LogP contribution in [0.4, 0.5) is 5.82 Å². The van der Waals surface area contributed by atoms with Gasteiger partial charge in [-0.15, -0.1) is 0 Å². The zero-order chi connectivity index (χ0) is 20.6. The zero-order valence-electron chi connectivity index (χ0n) is 15.5. The minimum absolute atomic E-state index is 0.243. The quantitative estimate of drug-likeness (QED) is 0.504. The largest absolute Gasteiger partial charge is 0.426 e. The lowest BCUT2D eigenvalue weighted by Crippen LogP contribution is -2.43. The summed E-state index contributed by atoms with van der Waals surface area (Å²) < 4.78 is 30.1. The second kappa shape index (κ2) is 7.74. The van der Waals surface area contributed by atoms with E-state index >= 15 is 0 Å². The third-order valence-electron chi connectivity index (χ3n) is 4.88. The van der Waals surface area contributed by atoms with Crippen molar-refractivity contribution in [3.63, 3.8) is 0 Å². The van der Waals surface area contributed by atoms with Gasteiger partial charge in [0.05, 0.1) is 12.3 Å². The summed E-state index contributed by atoms with van der Waals surface area (Å²) in [5.74, 6) is 0.686. The molecule has 0 bridgehead atoms. The van der Waals surface area contributed by atoms with E-state index in [0.717, 1.165) is 0 Å². The highest BCUT2D eigenvalue weighted by Crippen LogP contribution is 2.42. The maximum absolute atomic E-state index is 12.1. The maximum Gasteiger partial charge on any atom is 0.367 e. The smallest absolute Gasteiger partial charge is 0.367 e. The molecule has 0 amide bonds. The van der Waals surface area contributed by atoms with Crippen LogP contribution in [0.5, 0.6) is 5.75 Å². The van der Waals surface area contributed by atoms with Crippen LogP contribution in [-0.4, -0.2) is 49.2 Å². The molecule has 3 aromatic rings. The second-order valence-corrected chi connectivity index (χ2v) is 7.93. The standard InChI is InChI=1S/C18H21N4O6P/c1-18(9-26-29(25)28-11-5-3-2-4-6-11)16(24)14(23)15(27-18)12-7-8-13-17(19)20-10-21-22(12)13/h2-8,10,14-16,23-24,29H,9H2,1H3,(H2,19,20,21)/t14-,15-,16-,18+/m0/s1. The number of aliphatic hydroxyl groups excluding tert-OH is 2. The number of nitrogens with zero attached hydrogens (tertiary/aromatic N) is 3. The molecule has 1 aliphatic heterocycles. The van der Waals surface area contributed by atoms with Crippen LogP contribution < -0.4 is 10.3 Å². The molecule has 2 aromatic heterocycles. The Labute approximate surface area is 166 Å². The van der Waals surface area contributed by atoms with Crippen molar-refractivity contribution in [3.8, 4) is 5.75 Å². The van der Waals surface area contributed by atoms with Gasteiger partial charge in [-0.3, -0.25) is 4.52 Å². The first-order valence-corrected chi connectivity index (χ1v) is 10.1. The Kier molecular flexibility index (Phi) is 5.28. The molecule has 1 aromatic carbocycles. The van der Waals surface area contributed by atoms with Gasteiger partial charge in [0.1, 0.15) is 41.5 Å². The molecule has 5 atom stereocenters. The molecule has 1 saturated heterocycles. The number of nitrogen functional groups attached to an aromatic ring is 1. The lowest BCUT2D eigenvalue weighted by molar-refractivity contribution is -0.0949. The predicted octanol–water partition coefficient (Wildman–Crippen LogP) is 1.35. The third-order valence-corrected chi connectivity index (χ3v) is 5.66. The maximum atomic E-state index is 12.1. The molecule has 10 nitrogen and oxygen atoms in total. The van der Waals surface area contributed by atoms with Crippen molar-refractivity contribution in [2.75, 3.05) is 12.3 Å². The summed E-state index contributed by atoms with van der Waals surface area (Å²) >= 11 is 0. The number of aromatic nitrogens is 3. The number of hydrogen-bond acceptors (Lipinski definition) is 9. The number of anilines is 1. The first-order chi connectivity index (χ1) is 13.9. The van der Waals surface area contributed by atoms with Gasteiger partial charge in [0.15, 0.2) is 5.82 Å². The summed E-state index contributed by atoms with van der Waals surface area (Å²) in [5, 5.41) is 25.3. The molecule has 0 spiro atoms. The lowest BCUT2D eigenvalue weighted by Gasteiger charge is -2.27. The molecule has 0 radical (unpaired) electrons. The molecule has 4 rings (SSSR count). The van der Waals surface area contributed by atoms with E-state index in [-0.39, 0.29) is 12.4 Å². The molecule has 1 fully saturated rings. The number of aliphatic hydroxyl groups is 2. The van der Waals surface area contributed by atoms with E-state index in [9.17, 15) is 14.8 Å². The first-order valence-electron chi connectivity index (χ1n) is 8.91. The highest BCUT2D eigenvalue weighted by atomic mass is 31.1. The van der Waals surface area contributed by atoms with Crippen LogP contribution in [0, 0.1) is 0 Å². The highest BCUT2D eigenvalue weighted by molar-refractivity contribution is 7.33. The van der Waals surface area contributed by atoms with E-state index in [0.29, 0.717) is 17.0 Å². The lowest BCUT2D eigenvalue weighted by atomic mass is 9.97. The summed E-state index contributed by atoms with van der Waals surface area (Å²) in [4.78, 5) is 3.92. The van der Waals surface area contributed by atoms with Crippen molar-refractivity contribution in [1.29, 1.82) is 0 Å². The summed E-state index contributed by atoms with van der Waals surface area (Å²) in [6.45, 7) is 1.32. The average molecular weight is 420 g/mol. The number of para-hydroxylation sites is 1.